The number of quaternary nitrogens is 2. The molecule has 2 atom stereocenters. The molecule has 0 saturated carbocycles. The molecule has 0 amide bonds. The smallest absolute Gasteiger partial charge is 0.103 e. The summed E-state index contributed by atoms with van der Waals surface area (Å²) in [7, 11) is 0. The quantitative estimate of drug-likeness (QED) is 0.804. The molecule has 0 unspecified atom stereocenters. The van der Waals surface area contributed by atoms with Gasteiger partial charge in [0.05, 0.1) is 37.0 Å². The van der Waals surface area contributed by atoms with Gasteiger partial charge in [-0.3, -0.25) is 0 Å². The van der Waals surface area contributed by atoms with E-state index in [1.165, 1.54) is 49.2 Å². The molecule has 3 rings (SSSR count). The van der Waals surface area contributed by atoms with Crippen molar-refractivity contribution in [3.63, 3.8) is 0 Å². The highest BCUT2D eigenvalue weighted by molar-refractivity contribution is 9.10. The Bertz CT molecular complexity index is 440. The number of hydrogen-bond donors (Lipinski definition) is 2. The average Bonchev–Trinajstić information content (AvgIpc) is 2.29. The Morgan fingerprint density at radius 1 is 1.11 bits per heavy atom. The van der Waals surface area contributed by atoms with E-state index in [0.29, 0.717) is 10.8 Å². The highest BCUT2D eigenvalue weighted by Gasteiger charge is 2.50. The van der Waals surface area contributed by atoms with Crippen LogP contribution in [-0.2, 0) is 6.54 Å². The fourth-order valence-corrected chi connectivity index (χ4v) is 4.76. The van der Waals surface area contributed by atoms with Crippen molar-refractivity contribution in [2.24, 2.45) is 10.8 Å². The molecule has 2 fully saturated rings. The van der Waals surface area contributed by atoms with Crippen molar-refractivity contribution in [1.82, 2.24) is 0 Å². The summed E-state index contributed by atoms with van der Waals surface area (Å²) in [5.41, 5.74) is 2.54. The summed E-state index contributed by atoms with van der Waals surface area (Å²) < 4.78 is 1.18. The molecule has 3 heteroatoms. The predicted octanol–water partition coefficient (Wildman–Crippen LogP) is 0.827. The molecule has 2 heterocycles. The van der Waals surface area contributed by atoms with Crippen molar-refractivity contribution in [1.29, 1.82) is 0 Å². The molecule has 2 bridgehead atoms. The molecule has 104 valence electrons. The van der Waals surface area contributed by atoms with Crippen molar-refractivity contribution in [3.05, 3.63) is 34.3 Å². The molecule has 2 aliphatic rings. The molecule has 0 aliphatic carbocycles. The number of benzene rings is 1. The van der Waals surface area contributed by atoms with Crippen molar-refractivity contribution < 1.29 is 10.2 Å². The summed E-state index contributed by atoms with van der Waals surface area (Å²) in [6.07, 6.45) is 1.42. The maximum Gasteiger partial charge on any atom is 0.103 e. The first-order valence-corrected chi connectivity index (χ1v) is 8.16. The summed E-state index contributed by atoms with van der Waals surface area (Å²) >= 11 is 3.52. The molecule has 0 radical (unpaired) electrons. The van der Waals surface area contributed by atoms with Gasteiger partial charge in [-0.1, -0.05) is 28.1 Å². The molecule has 2 nitrogen and oxygen atoms in total. The van der Waals surface area contributed by atoms with Gasteiger partial charge in [-0.15, -0.1) is 0 Å². The van der Waals surface area contributed by atoms with Gasteiger partial charge >= 0.3 is 0 Å². The lowest BCUT2D eigenvalue weighted by molar-refractivity contribution is -0.945. The van der Waals surface area contributed by atoms with E-state index in [1.807, 2.05) is 0 Å². The summed E-state index contributed by atoms with van der Waals surface area (Å²) in [4.78, 5) is 1.77. The highest BCUT2D eigenvalue weighted by Crippen LogP contribution is 2.35. The summed E-state index contributed by atoms with van der Waals surface area (Å²) in [5, 5.41) is 2.54. The number of rotatable bonds is 2. The fraction of sp³-hybridized carbons (Fsp3) is 0.625. The Kier molecular flexibility index (Phi) is 3.48. The molecule has 1 aromatic rings. The number of piperidine rings is 2. The van der Waals surface area contributed by atoms with Crippen LogP contribution in [0.15, 0.2) is 28.7 Å². The van der Waals surface area contributed by atoms with Crippen LogP contribution in [0, 0.1) is 10.8 Å². The minimum absolute atomic E-state index is 0.538. The van der Waals surface area contributed by atoms with Crippen LogP contribution < -0.4 is 10.2 Å². The summed E-state index contributed by atoms with van der Waals surface area (Å²) in [6, 6.07) is 8.85. The van der Waals surface area contributed by atoms with E-state index in [1.54, 1.807) is 4.90 Å². The van der Waals surface area contributed by atoms with Crippen LogP contribution in [0.3, 0.4) is 0 Å². The van der Waals surface area contributed by atoms with Crippen molar-refractivity contribution >= 4 is 15.9 Å². The van der Waals surface area contributed by atoms with Crippen LogP contribution >= 0.6 is 15.9 Å². The zero-order chi connectivity index (χ0) is 13.5. The third-order valence-corrected chi connectivity index (χ3v) is 5.38. The lowest BCUT2D eigenvalue weighted by Crippen LogP contribution is -3.17. The normalized spacial score (nSPS) is 38.2. The van der Waals surface area contributed by atoms with Crippen LogP contribution in [0.1, 0.15) is 25.8 Å². The lowest BCUT2D eigenvalue weighted by Gasteiger charge is -2.49. The van der Waals surface area contributed by atoms with Gasteiger partial charge < -0.3 is 10.2 Å². The van der Waals surface area contributed by atoms with Gasteiger partial charge in [-0.2, -0.15) is 0 Å². The number of halogens is 1. The van der Waals surface area contributed by atoms with Crippen LogP contribution in [0.5, 0.6) is 0 Å². The van der Waals surface area contributed by atoms with Crippen LogP contribution in [0.2, 0.25) is 0 Å². The first-order chi connectivity index (χ1) is 8.96. The topological polar surface area (TPSA) is 21.1 Å². The van der Waals surface area contributed by atoms with E-state index in [-0.39, 0.29) is 0 Å². The number of fused-ring (bicyclic) bond motifs is 2. The van der Waals surface area contributed by atoms with Gasteiger partial charge in [-0.25, -0.2) is 0 Å². The maximum absolute atomic E-state index is 3.52. The van der Waals surface area contributed by atoms with Crippen LogP contribution in [0.25, 0.3) is 0 Å². The fourth-order valence-electron chi connectivity index (χ4n) is 4.50. The van der Waals surface area contributed by atoms with Gasteiger partial charge in [0.15, 0.2) is 0 Å². The number of nitrogens with one attached hydrogen (secondary N) is 1. The second-order valence-corrected chi connectivity index (χ2v) is 8.32. The molecular formula is C16H25BrN2+2. The second kappa shape index (κ2) is 4.87. The Morgan fingerprint density at radius 3 is 2.26 bits per heavy atom. The zero-order valence-corrected chi connectivity index (χ0v) is 13.6. The molecule has 2 saturated heterocycles. The first kappa shape index (κ1) is 13.6. The molecule has 3 N–H and O–H groups in total. The Balaban J connectivity index is 1.73. The minimum Gasteiger partial charge on any atom is -0.345 e. The number of nitrogens with two attached hydrogens (primary N) is 1. The van der Waals surface area contributed by atoms with Crippen molar-refractivity contribution in [3.8, 4) is 0 Å². The SMILES string of the molecule is C[C@@]12C[NH2+]C[C@](C)(C[NH+](Cc3ccc(Br)cc3)C1)C2. The van der Waals surface area contributed by atoms with E-state index in [2.05, 4.69) is 59.4 Å². The second-order valence-electron chi connectivity index (χ2n) is 7.40. The van der Waals surface area contributed by atoms with E-state index in [9.17, 15) is 0 Å². The van der Waals surface area contributed by atoms with Crippen LogP contribution in [0.4, 0.5) is 0 Å². The van der Waals surface area contributed by atoms with Crippen LogP contribution in [-0.4, -0.2) is 26.2 Å². The number of hydrogen-bond acceptors (Lipinski definition) is 0. The third kappa shape index (κ3) is 3.04. The van der Waals surface area contributed by atoms with Gasteiger partial charge in [0.25, 0.3) is 0 Å². The monoisotopic (exact) mass is 324 g/mol. The van der Waals surface area contributed by atoms with Gasteiger partial charge in [-0.05, 0) is 32.4 Å². The largest absolute Gasteiger partial charge is 0.345 e. The standard InChI is InChI=1S/C16H23BrN2/c1-15-8-16(2,10-18-9-15)12-19(11-15)7-13-3-5-14(17)6-4-13/h3-6,18H,7-12H2,1-2H3/p+2/t15-,16-/m1/s1. The maximum atomic E-state index is 3.52. The Hall–Kier alpha value is -0.380. The Morgan fingerprint density at radius 2 is 1.68 bits per heavy atom. The Labute approximate surface area is 124 Å². The van der Waals surface area contributed by atoms with Crippen molar-refractivity contribution in [2.45, 2.75) is 26.8 Å². The van der Waals surface area contributed by atoms with Gasteiger partial charge in [0, 0.05) is 10.0 Å². The summed E-state index contributed by atoms with van der Waals surface area (Å²) in [6.45, 7) is 11.4. The highest BCUT2D eigenvalue weighted by atomic mass is 79.9. The predicted molar refractivity (Wildman–Crippen MR) is 81.0 cm³/mol. The average molecular weight is 325 g/mol. The van der Waals surface area contributed by atoms with Gasteiger partial charge in [0.1, 0.15) is 6.54 Å². The third-order valence-electron chi connectivity index (χ3n) is 4.85. The molecule has 2 aliphatic heterocycles. The van der Waals surface area contributed by atoms with E-state index >= 15 is 0 Å². The molecular weight excluding hydrogens is 300 g/mol. The van der Waals surface area contributed by atoms with Gasteiger partial charge in [0.2, 0.25) is 0 Å². The first-order valence-electron chi connectivity index (χ1n) is 7.36. The molecule has 0 spiro atoms. The van der Waals surface area contributed by atoms with E-state index < -0.39 is 0 Å². The van der Waals surface area contributed by atoms with E-state index in [0.717, 1.165) is 0 Å². The van der Waals surface area contributed by atoms with E-state index in [4.69, 9.17) is 0 Å². The lowest BCUT2D eigenvalue weighted by atomic mass is 9.66. The summed E-state index contributed by atoms with van der Waals surface area (Å²) in [5.74, 6) is 0. The van der Waals surface area contributed by atoms with Crippen molar-refractivity contribution in [2.75, 3.05) is 26.2 Å². The molecule has 19 heavy (non-hydrogen) atoms. The number of likely N-dealkylation sites (tertiary alicyclic amines) is 1. The molecule has 0 aromatic heterocycles. The zero-order valence-electron chi connectivity index (χ0n) is 12.0. The molecule has 1 aromatic carbocycles. The minimum atomic E-state index is 0.538.